The maximum atomic E-state index is 11.3. The summed E-state index contributed by atoms with van der Waals surface area (Å²) in [5.41, 5.74) is 7.47. The molecule has 0 amide bonds. The number of rotatable bonds is 4. The summed E-state index contributed by atoms with van der Waals surface area (Å²) >= 11 is 6.20. The molecule has 0 saturated heterocycles. The van der Waals surface area contributed by atoms with Crippen molar-refractivity contribution in [3.05, 3.63) is 69.7 Å². The highest BCUT2D eigenvalue weighted by atomic mass is 35.5. The van der Waals surface area contributed by atoms with Crippen molar-refractivity contribution in [3.8, 4) is 0 Å². The number of hydrogen-bond donors (Lipinski definition) is 1. The molecule has 5 heteroatoms. The maximum Gasteiger partial charge on any atom is 0.213 e. The van der Waals surface area contributed by atoms with Crippen molar-refractivity contribution in [1.82, 2.24) is 0 Å². The number of aryl methyl sites for hydroxylation is 1. The number of benzene rings is 2. The van der Waals surface area contributed by atoms with Crippen LogP contribution < -0.4 is 5.14 Å². The Morgan fingerprint density at radius 3 is 2.12 bits per heavy atom. The minimum Gasteiger partial charge on any atom is -0.228 e. The molecular weight excluding hydrogens is 366 g/mol. The van der Waals surface area contributed by atoms with Gasteiger partial charge in [-0.05, 0) is 77.5 Å². The fraction of sp³-hybridized carbons (Fsp3) is 0.333. The molecule has 2 aliphatic carbocycles. The van der Waals surface area contributed by atoms with Crippen molar-refractivity contribution in [2.24, 2.45) is 10.6 Å². The third-order valence-electron chi connectivity index (χ3n) is 5.60. The van der Waals surface area contributed by atoms with Crippen LogP contribution in [0.15, 0.2) is 42.5 Å². The zero-order chi connectivity index (χ0) is 18.5. The van der Waals surface area contributed by atoms with E-state index in [1.54, 1.807) is 0 Å². The zero-order valence-electron chi connectivity index (χ0n) is 14.8. The van der Waals surface area contributed by atoms with E-state index in [9.17, 15) is 8.42 Å². The van der Waals surface area contributed by atoms with E-state index in [1.807, 2.05) is 37.3 Å². The molecule has 0 heterocycles. The van der Waals surface area contributed by atoms with Crippen LogP contribution in [-0.4, -0.2) is 8.42 Å². The highest BCUT2D eigenvalue weighted by Gasteiger charge is 2.48. The standard InChI is InChI=1S/C21H22ClNO2S/c1-14-10-17(6-7-20(14)22)19-12-21(8-9-21)11-18(19)16-4-2-15(3-5-16)13-26(23,24)25/h2-7,10H,8-9,11-13H2,1H3,(H2,23,24,25). The molecule has 26 heavy (non-hydrogen) atoms. The minimum atomic E-state index is -3.50. The smallest absolute Gasteiger partial charge is 0.213 e. The molecule has 1 spiro atoms. The van der Waals surface area contributed by atoms with Crippen LogP contribution in [-0.2, 0) is 15.8 Å². The molecule has 136 valence electrons. The fourth-order valence-electron chi connectivity index (χ4n) is 3.98. The molecule has 1 fully saturated rings. The summed E-state index contributed by atoms with van der Waals surface area (Å²) in [5, 5.41) is 5.94. The Kier molecular flexibility index (Phi) is 4.25. The van der Waals surface area contributed by atoms with Gasteiger partial charge in [0.05, 0.1) is 5.75 Å². The summed E-state index contributed by atoms with van der Waals surface area (Å²) in [6.07, 6.45) is 4.78. The van der Waals surface area contributed by atoms with Gasteiger partial charge in [0, 0.05) is 5.02 Å². The largest absolute Gasteiger partial charge is 0.228 e. The Morgan fingerprint density at radius 1 is 1.00 bits per heavy atom. The highest BCUT2D eigenvalue weighted by molar-refractivity contribution is 7.88. The zero-order valence-corrected chi connectivity index (χ0v) is 16.3. The second-order valence-corrected chi connectivity index (χ2v) is 9.80. The van der Waals surface area contributed by atoms with Gasteiger partial charge < -0.3 is 0 Å². The van der Waals surface area contributed by atoms with E-state index >= 15 is 0 Å². The van der Waals surface area contributed by atoms with Gasteiger partial charge >= 0.3 is 0 Å². The van der Waals surface area contributed by atoms with Crippen molar-refractivity contribution < 1.29 is 8.42 Å². The molecule has 3 nitrogen and oxygen atoms in total. The first-order valence-corrected chi connectivity index (χ1v) is 10.9. The van der Waals surface area contributed by atoms with Crippen molar-refractivity contribution in [2.75, 3.05) is 0 Å². The highest BCUT2D eigenvalue weighted by Crippen LogP contribution is 2.63. The first-order chi connectivity index (χ1) is 12.2. The third-order valence-corrected chi connectivity index (χ3v) is 6.76. The van der Waals surface area contributed by atoms with Crippen LogP contribution in [0.25, 0.3) is 11.1 Å². The van der Waals surface area contributed by atoms with E-state index in [4.69, 9.17) is 16.7 Å². The number of sulfonamides is 1. The molecule has 0 aliphatic heterocycles. The lowest BCUT2D eigenvalue weighted by Gasteiger charge is -2.10. The number of nitrogens with two attached hydrogens (primary N) is 1. The van der Waals surface area contributed by atoms with E-state index in [1.165, 1.54) is 35.1 Å². The lowest BCUT2D eigenvalue weighted by Crippen LogP contribution is -2.14. The SMILES string of the molecule is Cc1cc(C2=C(c3ccc(CS(N)(=O)=O)cc3)CC3(CC3)C2)ccc1Cl. The Bertz CT molecular complexity index is 1000. The molecule has 0 bridgehead atoms. The van der Waals surface area contributed by atoms with E-state index in [2.05, 4.69) is 12.1 Å². The predicted octanol–water partition coefficient (Wildman–Crippen LogP) is 4.92. The predicted molar refractivity (Wildman–Crippen MR) is 107 cm³/mol. The normalized spacial score (nSPS) is 18.6. The van der Waals surface area contributed by atoms with E-state index in [0.29, 0.717) is 5.41 Å². The molecular formula is C21H22ClNO2S. The van der Waals surface area contributed by atoms with Crippen molar-refractivity contribution in [2.45, 2.75) is 38.4 Å². The molecule has 2 aliphatic rings. The number of halogens is 1. The number of hydrogen-bond acceptors (Lipinski definition) is 2. The van der Waals surface area contributed by atoms with Crippen LogP contribution in [0.2, 0.25) is 5.02 Å². The van der Waals surface area contributed by atoms with Gasteiger partial charge in [0.25, 0.3) is 0 Å². The van der Waals surface area contributed by atoms with Crippen LogP contribution >= 0.6 is 11.6 Å². The molecule has 0 aromatic heterocycles. The van der Waals surface area contributed by atoms with Crippen LogP contribution in [0.4, 0.5) is 0 Å². The lowest BCUT2D eigenvalue weighted by molar-refractivity contribution is 0.568. The average molecular weight is 388 g/mol. The molecule has 0 radical (unpaired) electrons. The van der Waals surface area contributed by atoms with Gasteiger partial charge in [-0.1, -0.05) is 48.0 Å². The van der Waals surface area contributed by atoms with Crippen LogP contribution in [0.1, 0.15) is 47.9 Å². The van der Waals surface area contributed by atoms with Gasteiger partial charge in [-0.15, -0.1) is 0 Å². The van der Waals surface area contributed by atoms with Gasteiger partial charge in [0.2, 0.25) is 10.0 Å². The summed E-state index contributed by atoms with van der Waals surface area (Å²) in [5.74, 6) is -0.125. The second kappa shape index (κ2) is 6.22. The maximum absolute atomic E-state index is 11.3. The van der Waals surface area contributed by atoms with Crippen molar-refractivity contribution in [1.29, 1.82) is 0 Å². The van der Waals surface area contributed by atoms with E-state index in [0.717, 1.165) is 29.0 Å². The summed E-state index contributed by atoms with van der Waals surface area (Å²) < 4.78 is 22.6. The molecule has 1 saturated carbocycles. The van der Waals surface area contributed by atoms with Gasteiger partial charge in [-0.3, -0.25) is 0 Å². The lowest BCUT2D eigenvalue weighted by atomic mass is 9.95. The van der Waals surface area contributed by atoms with E-state index < -0.39 is 10.0 Å². The molecule has 2 aromatic carbocycles. The summed E-state index contributed by atoms with van der Waals surface area (Å²) in [4.78, 5) is 0. The fourth-order valence-corrected chi connectivity index (χ4v) is 4.75. The van der Waals surface area contributed by atoms with Crippen LogP contribution in [0.3, 0.4) is 0 Å². The molecule has 0 atom stereocenters. The first kappa shape index (κ1) is 17.8. The van der Waals surface area contributed by atoms with Crippen LogP contribution in [0, 0.1) is 12.3 Å². The van der Waals surface area contributed by atoms with Gasteiger partial charge in [0.1, 0.15) is 0 Å². The summed E-state index contributed by atoms with van der Waals surface area (Å²) in [6, 6.07) is 14.1. The molecule has 0 unspecified atom stereocenters. The quantitative estimate of drug-likeness (QED) is 0.809. The molecule has 2 N–H and O–H groups in total. The van der Waals surface area contributed by atoms with Gasteiger partial charge in [-0.25, -0.2) is 13.6 Å². The monoisotopic (exact) mass is 387 g/mol. The summed E-state index contributed by atoms with van der Waals surface area (Å²) in [6.45, 7) is 2.04. The van der Waals surface area contributed by atoms with Gasteiger partial charge in [-0.2, -0.15) is 0 Å². The first-order valence-electron chi connectivity index (χ1n) is 8.83. The van der Waals surface area contributed by atoms with Crippen molar-refractivity contribution in [3.63, 3.8) is 0 Å². The second-order valence-electron chi connectivity index (χ2n) is 7.78. The summed E-state index contributed by atoms with van der Waals surface area (Å²) in [7, 11) is -3.50. The Morgan fingerprint density at radius 2 is 1.58 bits per heavy atom. The van der Waals surface area contributed by atoms with Gasteiger partial charge in [0.15, 0.2) is 0 Å². The Labute approximate surface area is 159 Å². The minimum absolute atomic E-state index is 0.125. The number of primary sulfonamides is 1. The van der Waals surface area contributed by atoms with Crippen LogP contribution in [0.5, 0.6) is 0 Å². The number of allylic oxidation sites excluding steroid dienone is 2. The molecule has 4 rings (SSSR count). The Hall–Kier alpha value is -1.62. The Balaban J connectivity index is 1.72. The van der Waals surface area contributed by atoms with Crippen molar-refractivity contribution >= 4 is 32.8 Å². The third kappa shape index (κ3) is 3.59. The van der Waals surface area contributed by atoms with E-state index in [-0.39, 0.29) is 5.75 Å². The average Bonchev–Trinajstić information content (AvgIpc) is 3.21. The topological polar surface area (TPSA) is 60.2 Å². The molecule has 2 aromatic rings.